The van der Waals surface area contributed by atoms with Crippen LogP contribution in [0.25, 0.3) is 0 Å². The molecule has 1 heterocycles. The van der Waals surface area contributed by atoms with Gasteiger partial charge in [0.15, 0.2) is 0 Å². The lowest BCUT2D eigenvalue weighted by Crippen LogP contribution is -1.83. The summed E-state index contributed by atoms with van der Waals surface area (Å²) < 4.78 is 8.22. The average Bonchev–Trinajstić information content (AvgIpc) is 2.41. The summed E-state index contributed by atoms with van der Waals surface area (Å²) in [5.74, 6) is -0.657. The highest BCUT2D eigenvalue weighted by Gasteiger charge is 1.77. The molecule has 0 saturated heterocycles. The minimum atomic E-state index is -0.657. The van der Waals surface area contributed by atoms with E-state index in [-0.39, 0.29) is 0 Å². The van der Waals surface area contributed by atoms with E-state index in [0.717, 1.165) is 0 Å². The van der Waals surface area contributed by atoms with Crippen molar-refractivity contribution in [3.05, 3.63) is 35.3 Å². The molecule has 0 aliphatic carbocycles. The van der Waals surface area contributed by atoms with Gasteiger partial charge in [0.2, 0.25) is 0 Å². The molecule has 0 aliphatic heterocycles. The van der Waals surface area contributed by atoms with Gasteiger partial charge >= 0.3 is 5.82 Å². The summed E-state index contributed by atoms with van der Waals surface area (Å²) in [4.78, 5) is 9.74. The van der Waals surface area contributed by atoms with E-state index in [4.69, 9.17) is 5.26 Å². The van der Waals surface area contributed by atoms with Gasteiger partial charge in [-0.15, -0.1) is 0 Å². The minimum absolute atomic E-state index is 0.560. The van der Waals surface area contributed by atoms with Crippen LogP contribution in [-0.4, -0.2) is 0 Å². The molecule has 0 bridgehead atoms. The van der Waals surface area contributed by atoms with Crippen molar-refractivity contribution in [2.45, 2.75) is 6.92 Å². The van der Waals surface area contributed by atoms with Crippen LogP contribution >= 0.6 is 0 Å². The maximum absolute atomic E-state index is 9.74. The summed E-state index contributed by atoms with van der Waals surface area (Å²) in [6.07, 6.45) is 2.37. The Hall–Kier alpha value is -1.76. The van der Waals surface area contributed by atoms with Crippen molar-refractivity contribution < 1.29 is 8.83 Å². The number of allylic oxidation sites excluding steroid dienone is 1. The standard InChI is InChI=1S/C4H5N.C3H2O3/c1-4(2)3-5;4-3-5-1-2-6-3/h1H2,2H3;1-2H. The Labute approximate surface area is 63.4 Å². The van der Waals surface area contributed by atoms with Crippen molar-refractivity contribution in [1.29, 1.82) is 5.26 Å². The molecule has 1 aromatic rings. The lowest BCUT2D eigenvalue weighted by atomic mass is 10.4. The van der Waals surface area contributed by atoms with E-state index in [0.29, 0.717) is 5.57 Å². The molecular formula is C7H7NO3. The van der Waals surface area contributed by atoms with Crippen LogP contribution in [-0.2, 0) is 0 Å². The van der Waals surface area contributed by atoms with Gasteiger partial charge in [0.25, 0.3) is 0 Å². The van der Waals surface area contributed by atoms with Gasteiger partial charge in [0, 0.05) is 5.57 Å². The second kappa shape index (κ2) is 5.06. The van der Waals surface area contributed by atoms with Crippen LogP contribution in [0.3, 0.4) is 0 Å². The number of rotatable bonds is 0. The number of hydrogen-bond acceptors (Lipinski definition) is 4. The first kappa shape index (κ1) is 9.24. The van der Waals surface area contributed by atoms with E-state index in [1.165, 1.54) is 12.5 Å². The Morgan fingerprint density at radius 2 is 2.00 bits per heavy atom. The Morgan fingerprint density at radius 1 is 1.64 bits per heavy atom. The summed E-state index contributed by atoms with van der Waals surface area (Å²) in [5, 5.41) is 7.79. The van der Waals surface area contributed by atoms with Crippen LogP contribution < -0.4 is 5.82 Å². The van der Waals surface area contributed by atoms with Gasteiger partial charge in [0.1, 0.15) is 12.5 Å². The molecule has 11 heavy (non-hydrogen) atoms. The van der Waals surface area contributed by atoms with Crippen molar-refractivity contribution in [2.75, 3.05) is 0 Å². The molecule has 0 saturated carbocycles. The first-order valence-corrected chi connectivity index (χ1v) is 2.74. The lowest BCUT2D eigenvalue weighted by Gasteiger charge is -1.61. The average molecular weight is 153 g/mol. The first-order valence-electron chi connectivity index (χ1n) is 2.74. The molecule has 0 fully saturated rings. The molecule has 1 rings (SSSR count). The van der Waals surface area contributed by atoms with Crippen molar-refractivity contribution in [2.24, 2.45) is 0 Å². The van der Waals surface area contributed by atoms with E-state index in [2.05, 4.69) is 15.4 Å². The van der Waals surface area contributed by atoms with Crippen LogP contribution in [0.2, 0.25) is 0 Å². The highest BCUT2D eigenvalue weighted by Crippen LogP contribution is 1.74. The molecular weight excluding hydrogens is 146 g/mol. The Morgan fingerprint density at radius 3 is 2.09 bits per heavy atom. The maximum Gasteiger partial charge on any atom is 0.518 e. The normalized spacial score (nSPS) is 7.27. The van der Waals surface area contributed by atoms with Gasteiger partial charge in [-0.05, 0) is 6.92 Å². The monoisotopic (exact) mass is 153 g/mol. The van der Waals surface area contributed by atoms with Crippen LogP contribution in [0, 0.1) is 11.3 Å². The van der Waals surface area contributed by atoms with Gasteiger partial charge in [-0.25, -0.2) is 4.79 Å². The third-order valence-electron chi connectivity index (χ3n) is 0.575. The highest BCUT2D eigenvalue weighted by atomic mass is 16.5. The maximum atomic E-state index is 9.74. The lowest BCUT2D eigenvalue weighted by molar-refractivity contribution is 0.385. The highest BCUT2D eigenvalue weighted by molar-refractivity contribution is 5.11. The third-order valence-corrected chi connectivity index (χ3v) is 0.575. The zero-order chi connectivity index (χ0) is 8.69. The first-order chi connectivity index (χ1) is 5.16. The molecule has 0 aliphatic rings. The molecule has 4 heteroatoms. The summed E-state index contributed by atoms with van der Waals surface area (Å²) in [6.45, 7) is 4.98. The molecule has 0 unspecified atom stereocenters. The van der Waals surface area contributed by atoms with Crippen molar-refractivity contribution in [1.82, 2.24) is 0 Å². The summed E-state index contributed by atoms with van der Waals surface area (Å²) in [7, 11) is 0. The fourth-order valence-electron chi connectivity index (χ4n) is 0.194. The van der Waals surface area contributed by atoms with Crippen molar-refractivity contribution in [3.63, 3.8) is 0 Å². The van der Waals surface area contributed by atoms with E-state index in [1.54, 1.807) is 6.92 Å². The van der Waals surface area contributed by atoms with Gasteiger partial charge in [-0.3, -0.25) is 0 Å². The van der Waals surface area contributed by atoms with Gasteiger partial charge in [-0.2, -0.15) is 5.26 Å². The van der Waals surface area contributed by atoms with Crippen molar-refractivity contribution >= 4 is 0 Å². The van der Waals surface area contributed by atoms with Crippen LogP contribution in [0.1, 0.15) is 6.92 Å². The zero-order valence-corrected chi connectivity index (χ0v) is 6.03. The summed E-state index contributed by atoms with van der Waals surface area (Å²) in [6, 6.07) is 1.83. The summed E-state index contributed by atoms with van der Waals surface area (Å²) in [5.41, 5.74) is 0.560. The smallest absolute Gasteiger partial charge is 0.399 e. The topological polar surface area (TPSA) is 67.1 Å². The molecule has 0 aromatic carbocycles. The van der Waals surface area contributed by atoms with Crippen LogP contribution in [0.5, 0.6) is 0 Å². The fourth-order valence-corrected chi connectivity index (χ4v) is 0.194. The van der Waals surface area contributed by atoms with Gasteiger partial charge in [-0.1, -0.05) is 6.58 Å². The van der Waals surface area contributed by atoms with Gasteiger partial charge in [0.05, 0.1) is 6.07 Å². The molecule has 0 atom stereocenters. The predicted molar refractivity (Wildman–Crippen MR) is 37.7 cm³/mol. The molecule has 0 radical (unpaired) electrons. The Bertz CT molecular complexity index is 285. The Kier molecular flexibility index (Phi) is 4.25. The fraction of sp³-hybridized carbons (Fsp3) is 0.143. The zero-order valence-electron chi connectivity index (χ0n) is 6.03. The molecule has 0 amide bonds. The minimum Gasteiger partial charge on any atom is -0.399 e. The summed E-state index contributed by atoms with van der Waals surface area (Å²) >= 11 is 0. The predicted octanol–water partition coefficient (Wildman–Crippen LogP) is 1.32. The van der Waals surface area contributed by atoms with E-state index >= 15 is 0 Å². The Balaban J connectivity index is 0.000000187. The van der Waals surface area contributed by atoms with E-state index in [1.807, 2.05) is 6.07 Å². The van der Waals surface area contributed by atoms with E-state index < -0.39 is 5.82 Å². The second-order valence-corrected chi connectivity index (χ2v) is 1.65. The van der Waals surface area contributed by atoms with Crippen LogP contribution in [0.15, 0.2) is 38.3 Å². The molecule has 0 N–H and O–H groups in total. The largest absolute Gasteiger partial charge is 0.518 e. The number of nitriles is 1. The second-order valence-electron chi connectivity index (χ2n) is 1.65. The number of hydrogen-bond donors (Lipinski definition) is 0. The molecule has 0 spiro atoms. The number of nitrogens with zero attached hydrogens (tertiary/aromatic N) is 1. The molecule has 58 valence electrons. The molecule has 4 nitrogen and oxygen atoms in total. The quantitative estimate of drug-likeness (QED) is 0.527. The SMILES string of the molecule is C=C(C)C#N.O=c1occo1. The van der Waals surface area contributed by atoms with Crippen molar-refractivity contribution in [3.8, 4) is 6.07 Å². The third kappa shape index (κ3) is 6.12. The van der Waals surface area contributed by atoms with Crippen LogP contribution in [0.4, 0.5) is 0 Å². The van der Waals surface area contributed by atoms with E-state index in [9.17, 15) is 4.79 Å². The van der Waals surface area contributed by atoms with Gasteiger partial charge < -0.3 is 8.83 Å². The molecule has 1 aromatic heterocycles.